The van der Waals surface area contributed by atoms with Gasteiger partial charge in [0.15, 0.2) is 0 Å². The van der Waals surface area contributed by atoms with E-state index in [0.29, 0.717) is 17.8 Å². The first-order chi connectivity index (χ1) is 9.97. The lowest BCUT2D eigenvalue weighted by atomic mass is 9.99. The predicted molar refractivity (Wildman–Crippen MR) is 78.8 cm³/mol. The Labute approximate surface area is 122 Å². The molecule has 0 amide bonds. The largest absolute Gasteiger partial charge is 0.314 e. The van der Waals surface area contributed by atoms with Crippen molar-refractivity contribution in [3.8, 4) is 0 Å². The van der Waals surface area contributed by atoms with Gasteiger partial charge in [-0.1, -0.05) is 0 Å². The molecule has 0 bridgehead atoms. The lowest BCUT2D eigenvalue weighted by Gasteiger charge is -2.42. The van der Waals surface area contributed by atoms with E-state index >= 15 is 0 Å². The average Bonchev–Trinajstić information content (AvgIpc) is 2.44. The molecule has 1 saturated heterocycles. The number of hydrogen-bond donors (Lipinski definition) is 1. The van der Waals surface area contributed by atoms with Crippen molar-refractivity contribution in [2.45, 2.75) is 25.9 Å². The first-order valence-corrected chi connectivity index (χ1v) is 7.09. The molecule has 1 fully saturated rings. The molecule has 0 radical (unpaired) electrons. The van der Waals surface area contributed by atoms with Crippen LogP contribution < -0.4 is 10.9 Å². The topological polar surface area (TPSA) is 49.6 Å². The maximum Gasteiger partial charge on any atom is 0.262 e. The Morgan fingerprint density at radius 3 is 3.00 bits per heavy atom. The van der Waals surface area contributed by atoms with Crippen LogP contribution in [0.5, 0.6) is 0 Å². The lowest BCUT2D eigenvalue weighted by molar-refractivity contribution is 0.0822. The molecule has 0 aromatic carbocycles. The van der Waals surface area contributed by atoms with E-state index in [1.165, 1.54) is 22.7 Å². The molecule has 5 nitrogen and oxygen atoms in total. The molecule has 112 valence electrons. The van der Waals surface area contributed by atoms with Crippen LogP contribution in [0.4, 0.5) is 4.39 Å². The maximum absolute atomic E-state index is 13.3. The van der Waals surface area contributed by atoms with Gasteiger partial charge in [0.2, 0.25) is 0 Å². The Balaban J connectivity index is 1.97. The van der Waals surface area contributed by atoms with Crippen molar-refractivity contribution < 1.29 is 4.39 Å². The minimum absolute atomic E-state index is 0.0216. The average molecular weight is 290 g/mol. The molecule has 0 aliphatic carbocycles. The number of aromatic nitrogens is 2. The number of hydrogen-bond acceptors (Lipinski definition) is 4. The Morgan fingerprint density at radius 2 is 2.24 bits per heavy atom. The summed E-state index contributed by atoms with van der Waals surface area (Å²) in [6.45, 7) is 7.47. The van der Waals surface area contributed by atoms with Crippen molar-refractivity contribution in [3.05, 3.63) is 46.3 Å². The lowest BCUT2D eigenvalue weighted by Crippen LogP contribution is -2.57. The maximum atomic E-state index is 13.3. The third-order valence-corrected chi connectivity index (χ3v) is 4.07. The second-order valence-corrected chi connectivity index (χ2v) is 6.07. The summed E-state index contributed by atoms with van der Waals surface area (Å²) >= 11 is 0. The number of piperazine rings is 1. The second-order valence-electron chi connectivity index (χ2n) is 6.07. The smallest absolute Gasteiger partial charge is 0.262 e. The quantitative estimate of drug-likeness (QED) is 0.897. The summed E-state index contributed by atoms with van der Waals surface area (Å²) in [6, 6.07) is 2.82. The van der Waals surface area contributed by atoms with Gasteiger partial charge < -0.3 is 5.32 Å². The van der Waals surface area contributed by atoms with E-state index in [0.717, 1.165) is 19.6 Å². The number of fused-ring (bicyclic) bond motifs is 1. The van der Waals surface area contributed by atoms with E-state index < -0.39 is 5.82 Å². The van der Waals surface area contributed by atoms with Crippen molar-refractivity contribution in [1.82, 2.24) is 19.6 Å². The highest BCUT2D eigenvalue weighted by molar-refractivity contribution is 5.38. The van der Waals surface area contributed by atoms with Gasteiger partial charge in [0.25, 0.3) is 5.56 Å². The number of halogens is 1. The zero-order valence-corrected chi connectivity index (χ0v) is 12.3. The highest BCUT2D eigenvalue weighted by Crippen LogP contribution is 2.18. The molecular formula is C15H19FN4O. The van der Waals surface area contributed by atoms with Gasteiger partial charge in [-0.3, -0.25) is 14.1 Å². The monoisotopic (exact) mass is 290 g/mol. The van der Waals surface area contributed by atoms with Crippen LogP contribution >= 0.6 is 0 Å². The van der Waals surface area contributed by atoms with Gasteiger partial charge in [-0.05, 0) is 26.0 Å². The van der Waals surface area contributed by atoms with Crippen LogP contribution in [0.2, 0.25) is 0 Å². The highest BCUT2D eigenvalue weighted by Gasteiger charge is 2.30. The fourth-order valence-corrected chi connectivity index (χ4v) is 2.72. The van der Waals surface area contributed by atoms with Crippen LogP contribution in [-0.4, -0.2) is 39.5 Å². The van der Waals surface area contributed by atoms with Crippen LogP contribution in [0.1, 0.15) is 19.4 Å². The fraction of sp³-hybridized carbons (Fsp3) is 0.467. The van der Waals surface area contributed by atoms with Gasteiger partial charge in [0.1, 0.15) is 11.5 Å². The number of rotatable bonds is 2. The Morgan fingerprint density at radius 1 is 1.43 bits per heavy atom. The van der Waals surface area contributed by atoms with Crippen LogP contribution in [0, 0.1) is 5.82 Å². The molecule has 6 heteroatoms. The van der Waals surface area contributed by atoms with Crippen molar-refractivity contribution >= 4 is 5.65 Å². The van der Waals surface area contributed by atoms with Crippen LogP contribution in [0.3, 0.4) is 0 Å². The second kappa shape index (κ2) is 5.20. The van der Waals surface area contributed by atoms with Gasteiger partial charge in [-0.15, -0.1) is 0 Å². The third kappa shape index (κ3) is 2.69. The Hall–Kier alpha value is -1.79. The summed E-state index contributed by atoms with van der Waals surface area (Å²) in [5, 5.41) is 3.35. The zero-order chi connectivity index (χ0) is 15.0. The van der Waals surface area contributed by atoms with E-state index in [1.54, 1.807) is 6.20 Å². The first kappa shape index (κ1) is 14.2. The summed E-state index contributed by atoms with van der Waals surface area (Å²) < 4.78 is 14.6. The minimum Gasteiger partial charge on any atom is -0.314 e. The Bertz CT molecular complexity index is 725. The molecule has 2 aromatic rings. The molecule has 3 rings (SSSR count). The van der Waals surface area contributed by atoms with Gasteiger partial charge in [-0.2, -0.15) is 0 Å². The number of nitrogens with one attached hydrogen (secondary N) is 1. The SMILES string of the molecule is CC1(C)CNCCN1Cc1cnc2ccc(F)cn2c1=O. The minimum atomic E-state index is -0.439. The molecule has 0 spiro atoms. The normalized spacial score (nSPS) is 19.0. The van der Waals surface area contributed by atoms with E-state index in [-0.39, 0.29) is 11.1 Å². The molecule has 1 aliphatic heterocycles. The molecule has 3 heterocycles. The van der Waals surface area contributed by atoms with Crippen LogP contribution in [-0.2, 0) is 6.54 Å². The number of nitrogens with zero attached hydrogens (tertiary/aromatic N) is 3. The molecule has 0 atom stereocenters. The fourth-order valence-electron chi connectivity index (χ4n) is 2.72. The molecule has 0 saturated carbocycles. The Kier molecular flexibility index (Phi) is 3.51. The zero-order valence-electron chi connectivity index (χ0n) is 12.3. The van der Waals surface area contributed by atoms with Gasteiger partial charge in [-0.25, -0.2) is 9.37 Å². The summed E-state index contributed by atoms with van der Waals surface area (Å²) in [6.07, 6.45) is 2.80. The van der Waals surface area contributed by atoms with Crippen molar-refractivity contribution in [1.29, 1.82) is 0 Å². The van der Waals surface area contributed by atoms with E-state index in [4.69, 9.17) is 0 Å². The van der Waals surface area contributed by atoms with E-state index in [1.807, 2.05) is 0 Å². The summed E-state index contributed by atoms with van der Waals surface area (Å²) in [4.78, 5) is 19.0. The molecule has 21 heavy (non-hydrogen) atoms. The van der Waals surface area contributed by atoms with Crippen molar-refractivity contribution in [2.75, 3.05) is 19.6 Å². The summed E-state index contributed by atoms with van der Waals surface area (Å²) in [7, 11) is 0. The third-order valence-electron chi connectivity index (χ3n) is 4.07. The summed E-state index contributed by atoms with van der Waals surface area (Å²) in [5.41, 5.74) is 0.832. The van der Waals surface area contributed by atoms with Crippen molar-refractivity contribution in [3.63, 3.8) is 0 Å². The number of pyridine rings is 1. The van der Waals surface area contributed by atoms with Gasteiger partial charge in [0, 0.05) is 44.1 Å². The van der Waals surface area contributed by atoms with E-state index in [2.05, 4.69) is 29.0 Å². The molecule has 2 aromatic heterocycles. The van der Waals surface area contributed by atoms with Gasteiger partial charge >= 0.3 is 0 Å². The van der Waals surface area contributed by atoms with Crippen LogP contribution in [0.25, 0.3) is 5.65 Å². The highest BCUT2D eigenvalue weighted by atomic mass is 19.1. The van der Waals surface area contributed by atoms with E-state index in [9.17, 15) is 9.18 Å². The molecule has 1 aliphatic rings. The molecule has 0 unspecified atom stereocenters. The first-order valence-electron chi connectivity index (χ1n) is 7.09. The summed E-state index contributed by atoms with van der Waals surface area (Å²) in [5.74, 6) is -0.439. The van der Waals surface area contributed by atoms with Crippen molar-refractivity contribution in [2.24, 2.45) is 0 Å². The predicted octanol–water partition coefficient (Wildman–Crippen LogP) is 1.02. The molecule has 1 N–H and O–H groups in total. The van der Waals surface area contributed by atoms with Gasteiger partial charge in [0.05, 0.1) is 5.56 Å². The molecular weight excluding hydrogens is 271 g/mol. The standard InChI is InChI=1S/C15H19FN4O/c1-15(2)10-17-5-6-19(15)8-11-7-18-13-4-3-12(16)9-20(13)14(11)21/h3-4,7,9,17H,5-6,8,10H2,1-2H3. The van der Waals surface area contributed by atoms with Crippen LogP contribution in [0.15, 0.2) is 29.3 Å².